The Hall–Kier alpha value is -0.940. The second-order valence-corrected chi connectivity index (χ2v) is 5.99. The van der Waals surface area contributed by atoms with E-state index in [0.717, 1.165) is 12.8 Å². The van der Waals surface area contributed by atoms with E-state index in [1.54, 1.807) is 11.8 Å². The summed E-state index contributed by atoms with van der Waals surface area (Å²) in [5.74, 6) is 0.711. The Morgan fingerprint density at radius 1 is 1.33 bits per heavy atom. The lowest BCUT2D eigenvalue weighted by Gasteiger charge is -2.40. The van der Waals surface area contributed by atoms with Crippen LogP contribution >= 0.6 is 11.8 Å². The number of rotatable bonds is 2. The molecule has 0 aromatic heterocycles. The molecule has 0 N–H and O–H groups in total. The smallest absolute Gasteiger partial charge is 0.107 e. The fourth-order valence-corrected chi connectivity index (χ4v) is 3.60. The van der Waals surface area contributed by atoms with E-state index in [9.17, 15) is 5.26 Å². The van der Waals surface area contributed by atoms with Crippen molar-refractivity contribution in [1.82, 2.24) is 0 Å². The van der Waals surface area contributed by atoms with Crippen LogP contribution in [0.15, 0.2) is 29.2 Å². The maximum atomic E-state index is 9.20. The zero-order chi connectivity index (χ0) is 10.9. The van der Waals surface area contributed by atoms with Crippen LogP contribution in [-0.2, 0) is 0 Å². The summed E-state index contributed by atoms with van der Waals surface area (Å²) in [5.41, 5.74) is 1.27. The summed E-state index contributed by atoms with van der Waals surface area (Å²) in [6, 6.07) is 10.9. The van der Waals surface area contributed by atoms with E-state index in [-0.39, 0.29) is 4.75 Å². The summed E-state index contributed by atoms with van der Waals surface area (Å²) < 4.78 is -0.144. The molecule has 1 aliphatic rings. The van der Waals surface area contributed by atoms with Crippen LogP contribution in [0, 0.1) is 24.2 Å². The second-order valence-electron chi connectivity index (χ2n) is 4.53. The average Bonchev–Trinajstić information content (AvgIpc) is 2.18. The Kier molecular flexibility index (Phi) is 2.75. The number of thioether (sulfide) groups is 1. The van der Waals surface area contributed by atoms with Crippen molar-refractivity contribution in [3.05, 3.63) is 29.8 Å². The van der Waals surface area contributed by atoms with Crippen LogP contribution in [-0.4, -0.2) is 4.75 Å². The summed E-state index contributed by atoms with van der Waals surface area (Å²) in [7, 11) is 0. The van der Waals surface area contributed by atoms with Gasteiger partial charge >= 0.3 is 0 Å². The fourth-order valence-electron chi connectivity index (χ4n) is 2.10. The van der Waals surface area contributed by atoms with E-state index < -0.39 is 0 Å². The number of nitrogens with zero attached hydrogens (tertiary/aromatic N) is 1. The average molecular weight is 217 g/mol. The van der Waals surface area contributed by atoms with Crippen molar-refractivity contribution >= 4 is 11.8 Å². The second kappa shape index (κ2) is 3.90. The molecule has 1 aromatic carbocycles. The first-order valence-electron chi connectivity index (χ1n) is 5.30. The fraction of sp³-hybridized carbons (Fsp3) is 0.462. The number of hydrogen-bond acceptors (Lipinski definition) is 2. The summed E-state index contributed by atoms with van der Waals surface area (Å²) in [6.07, 6.45) is 2.06. The topological polar surface area (TPSA) is 23.8 Å². The molecule has 2 heteroatoms. The Bertz CT molecular complexity index is 382. The molecular weight excluding hydrogens is 202 g/mol. The van der Waals surface area contributed by atoms with Crippen LogP contribution in [0.5, 0.6) is 0 Å². The van der Waals surface area contributed by atoms with Crippen LogP contribution in [0.4, 0.5) is 0 Å². The Labute approximate surface area is 95.5 Å². The molecule has 1 nitrogen and oxygen atoms in total. The minimum absolute atomic E-state index is 0.144. The highest BCUT2D eigenvalue weighted by Gasteiger charge is 2.43. The summed E-state index contributed by atoms with van der Waals surface area (Å²) in [5, 5.41) is 9.20. The summed E-state index contributed by atoms with van der Waals surface area (Å²) in [6.45, 7) is 4.30. The molecule has 0 atom stereocenters. The zero-order valence-corrected chi connectivity index (χ0v) is 9.97. The Morgan fingerprint density at radius 2 is 1.93 bits per heavy atom. The van der Waals surface area contributed by atoms with Crippen molar-refractivity contribution in [2.24, 2.45) is 5.92 Å². The zero-order valence-electron chi connectivity index (χ0n) is 9.16. The molecule has 1 fully saturated rings. The van der Waals surface area contributed by atoms with Gasteiger partial charge in [-0.3, -0.25) is 0 Å². The van der Waals surface area contributed by atoms with Crippen molar-refractivity contribution < 1.29 is 0 Å². The van der Waals surface area contributed by atoms with E-state index in [1.165, 1.54) is 10.5 Å². The first kappa shape index (κ1) is 10.6. The first-order valence-corrected chi connectivity index (χ1v) is 6.12. The van der Waals surface area contributed by atoms with Gasteiger partial charge in [-0.15, -0.1) is 11.8 Å². The highest BCUT2D eigenvalue weighted by Crippen LogP contribution is 2.50. The molecule has 1 aliphatic carbocycles. The molecular formula is C13H15NS. The lowest BCUT2D eigenvalue weighted by Crippen LogP contribution is -2.37. The molecule has 0 saturated heterocycles. The van der Waals surface area contributed by atoms with E-state index in [1.807, 2.05) is 0 Å². The van der Waals surface area contributed by atoms with Gasteiger partial charge in [0.1, 0.15) is 4.75 Å². The molecule has 0 spiro atoms. The SMILES string of the molecule is Cc1ccc(SC2(C#N)CC(C)C2)cc1. The molecule has 0 radical (unpaired) electrons. The molecule has 0 amide bonds. The number of hydrogen-bond donors (Lipinski definition) is 0. The van der Waals surface area contributed by atoms with Gasteiger partial charge in [0, 0.05) is 4.90 Å². The molecule has 0 heterocycles. The van der Waals surface area contributed by atoms with Crippen LogP contribution in [0.1, 0.15) is 25.3 Å². The Balaban J connectivity index is 2.09. The molecule has 0 aliphatic heterocycles. The van der Waals surface area contributed by atoms with Gasteiger partial charge in [0.05, 0.1) is 6.07 Å². The molecule has 2 rings (SSSR count). The molecule has 0 unspecified atom stereocenters. The summed E-state index contributed by atoms with van der Waals surface area (Å²) >= 11 is 1.73. The highest BCUT2D eigenvalue weighted by atomic mass is 32.2. The minimum atomic E-state index is -0.144. The van der Waals surface area contributed by atoms with Crippen LogP contribution < -0.4 is 0 Å². The highest BCUT2D eigenvalue weighted by molar-refractivity contribution is 8.01. The van der Waals surface area contributed by atoms with Gasteiger partial charge in [0.15, 0.2) is 0 Å². The molecule has 78 valence electrons. The van der Waals surface area contributed by atoms with Crippen molar-refractivity contribution in [2.45, 2.75) is 36.3 Å². The standard InChI is InChI=1S/C13H15NS/c1-10-3-5-12(6-4-10)15-13(9-14)7-11(2)8-13/h3-6,11H,7-8H2,1-2H3. The van der Waals surface area contributed by atoms with Crippen molar-refractivity contribution in [1.29, 1.82) is 5.26 Å². The number of aryl methyl sites for hydroxylation is 1. The van der Waals surface area contributed by atoms with Gasteiger partial charge in [-0.2, -0.15) is 5.26 Å². The van der Waals surface area contributed by atoms with Crippen molar-refractivity contribution in [2.75, 3.05) is 0 Å². The summed E-state index contributed by atoms with van der Waals surface area (Å²) in [4.78, 5) is 1.22. The minimum Gasteiger partial charge on any atom is -0.197 e. The van der Waals surface area contributed by atoms with Crippen LogP contribution in [0.2, 0.25) is 0 Å². The molecule has 15 heavy (non-hydrogen) atoms. The number of nitriles is 1. The lowest BCUT2D eigenvalue weighted by atomic mass is 9.76. The van der Waals surface area contributed by atoms with Crippen LogP contribution in [0.3, 0.4) is 0 Å². The molecule has 0 bridgehead atoms. The van der Waals surface area contributed by atoms with E-state index >= 15 is 0 Å². The normalized spacial score (nSPS) is 29.3. The third-order valence-electron chi connectivity index (χ3n) is 2.89. The predicted octanol–water partition coefficient (Wildman–Crippen LogP) is 3.78. The maximum absolute atomic E-state index is 9.20. The quantitative estimate of drug-likeness (QED) is 0.752. The predicted molar refractivity (Wildman–Crippen MR) is 63.8 cm³/mol. The Morgan fingerprint density at radius 3 is 2.40 bits per heavy atom. The van der Waals surface area contributed by atoms with Gasteiger partial charge in [0.2, 0.25) is 0 Å². The first-order chi connectivity index (χ1) is 7.13. The molecule has 1 saturated carbocycles. The van der Waals surface area contributed by atoms with Gasteiger partial charge in [-0.1, -0.05) is 24.6 Å². The van der Waals surface area contributed by atoms with E-state index in [4.69, 9.17) is 0 Å². The monoisotopic (exact) mass is 217 g/mol. The van der Waals surface area contributed by atoms with E-state index in [2.05, 4.69) is 44.2 Å². The van der Waals surface area contributed by atoms with Crippen molar-refractivity contribution in [3.63, 3.8) is 0 Å². The third kappa shape index (κ3) is 2.18. The van der Waals surface area contributed by atoms with Crippen LogP contribution in [0.25, 0.3) is 0 Å². The van der Waals surface area contributed by atoms with Crippen molar-refractivity contribution in [3.8, 4) is 6.07 Å². The largest absolute Gasteiger partial charge is 0.197 e. The van der Waals surface area contributed by atoms with Gasteiger partial charge in [-0.25, -0.2) is 0 Å². The van der Waals surface area contributed by atoms with Gasteiger partial charge in [-0.05, 0) is 37.8 Å². The lowest BCUT2D eigenvalue weighted by molar-refractivity contribution is 0.303. The van der Waals surface area contributed by atoms with Gasteiger partial charge in [0.25, 0.3) is 0 Å². The third-order valence-corrected chi connectivity index (χ3v) is 4.22. The van der Waals surface area contributed by atoms with Gasteiger partial charge < -0.3 is 0 Å². The molecule has 1 aromatic rings. The maximum Gasteiger partial charge on any atom is 0.107 e. The van der Waals surface area contributed by atoms with E-state index in [0.29, 0.717) is 5.92 Å². The number of benzene rings is 1.